The van der Waals surface area contributed by atoms with Crippen molar-refractivity contribution in [1.82, 2.24) is 0 Å². The summed E-state index contributed by atoms with van der Waals surface area (Å²) >= 11 is 0. The summed E-state index contributed by atoms with van der Waals surface area (Å²) in [5.41, 5.74) is 0. The van der Waals surface area contributed by atoms with Gasteiger partial charge >= 0.3 is 23.1 Å². The van der Waals surface area contributed by atoms with Crippen molar-refractivity contribution in [3.63, 3.8) is 0 Å². The third kappa shape index (κ3) is 28.3. The van der Waals surface area contributed by atoms with E-state index in [0.29, 0.717) is 0 Å². The maximum absolute atomic E-state index is 3.73. The van der Waals surface area contributed by atoms with E-state index in [9.17, 15) is 0 Å². The Bertz CT molecular complexity index is 25.7. The summed E-state index contributed by atoms with van der Waals surface area (Å²) in [5.74, 6) is 0.836. The first-order valence-corrected chi connectivity index (χ1v) is 3.27. The molecule has 0 rings (SSSR count). The van der Waals surface area contributed by atoms with Crippen molar-refractivity contribution in [1.29, 1.82) is 0 Å². The molecule has 0 saturated carbocycles. The fourth-order valence-corrected chi connectivity index (χ4v) is 0.408. The minimum atomic E-state index is 0. The van der Waals surface area contributed by atoms with Crippen LogP contribution in [0.4, 0.5) is 0 Å². The third-order valence-electron chi connectivity index (χ3n) is 0.781. The Morgan fingerprint density at radius 3 is 1.56 bits per heavy atom. The molecule has 0 aromatic heterocycles. The van der Waals surface area contributed by atoms with Crippen molar-refractivity contribution in [3.05, 3.63) is 13.8 Å². The van der Waals surface area contributed by atoms with Gasteiger partial charge in [0, 0.05) is 0 Å². The fourth-order valence-electron chi connectivity index (χ4n) is 0.408. The molecular formula is C8H18Mg. The van der Waals surface area contributed by atoms with E-state index < -0.39 is 0 Å². The van der Waals surface area contributed by atoms with Gasteiger partial charge in [0.15, 0.2) is 0 Å². The zero-order chi connectivity index (χ0) is 6.99. The average Bonchev–Trinajstić information content (AvgIpc) is 1.72. The zero-order valence-electron chi connectivity index (χ0n) is 7.11. The molecule has 0 radical (unpaired) electrons. The van der Waals surface area contributed by atoms with Gasteiger partial charge < -0.3 is 13.8 Å². The van der Waals surface area contributed by atoms with E-state index >= 15 is 0 Å². The molecule has 0 spiro atoms. The minimum Gasteiger partial charge on any atom is -0.346 e. The second-order valence-electron chi connectivity index (χ2n) is 2.04. The first kappa shape index (κ1) is 16.4. The summed E-state index contributed by atoms with van der Waals surface area (Å²) in [4.78, 5) is 0. The summed E-state index contributed by atoms with van der Waals surface area (Å²) in [5, 5.41) is 0. The van der Waals surface area contributed by atoms with Gasteiger partial charge in [-0.3, -0.25) is 0 Å². The molecule has 0 saturated heterocycles. The van der Waals surface area contributed by atoms with Crippen LogP contribution < -0.4 is 0 Å². The number of hydrogen-bond donors (Lipinski definition) is 0. The Balaban J connectivity index is -0.000000109. The molecule has 0 nitrogen and oxygen atoms in total. The second-order valence-corrected chi connectivity index (χ2v) is 2.04. The molecule has 0 atom stereocenters. The Morgan fingerprint density at radius 2 is 1.56 bits per heavy atom. The standard InChI is InChI=1S/C6H13.C2H5.Mg/c1-4-5-6(2)3;1-2;/h6H,1,4-5H2,2-3H3;1H2,2H3;/q2*-1;+2. The Hall–Kier alpha value is 0.766. The maximum atomic E-state index is 3.73. The molecule has 0 aromatic carbocycles. The predicted octanol–water partition coefficient (Wildman–Crippen LogP) is 2.72. The third-order valence-corrected chi connectivity index (χ3v) is 0.781. The van der Waals surface area contributed by atoms with Crippen molar-refractivity contribution in [2.75, 3.05) is 0 Å². The smallest absolute Gasteiger partial charge is 0.346 e. The van der Waals surface area contributed by atoms with E-state index in [1.807, 2.05) is 0 Å². The van der Waals surface area contributed by atoms with E-state index in [2.05, 4.69) is 27.7 Å². The van der Waals surface area contributed by atoms with Gasteiger partial charge in [0.05, 0.1) is 0 Å². The van der Waals surface area contributed by atoms with Crippen LogP contribution >= 0.6 is 0 Å². The van der Waals surface area contributed by atoms with Gasteiger partial charge in [-0.25, -0.2) is 0 Å². The predicted molar refractivity (Wildman–Crippen MR) is 46.2 cm³/mol. The second kappa shape index (κ2) is 15.9. The summed E-state index contributed by atoms with van der Waals surface area (Å²) < 4.78 is 0. The van der Waals surface area contributed by atoms with Crippen LogP contribution in [-0.2, 0) is 0 Å². The largest absolute Gasteiger partial charge is 2.00 e. The Labute approximate surface area is 76.6 Å². The van der Waals surface area contributed by atoms with E-state index in [1.165, 1.54) is 6.42 Å². The molecule has 0 unspecified atom stereocenters. The molecule has 0 aliphatic heterocycles. The molecule has 0 fully saturated rings. The van der Waals surface area contributed by atoms with Crippen molar-refractivity contribution < 1.29 is 0 Å². The molecule has 9 heavy (non-hydrogen) atoms. The van der Waals surface area contributed by atoms with Crippen LogP contribution in [0.3, 0.4) is 0 Å². The molecule has 52 valence electrons. The van der Waals surface area contributed by atoms with Gasteiger partial charge in [-0.15, -0.1) is 0 Å². The van der Waals surface area contributed by atoms with Crippen LogP contribution in [-0.4, -0.2) is 23.1 Å². The van der Waals surface area contributed by atoms with Gasteiger partial charge in [0.1, 0.15) is 0 Å². The quantitative estimate of drug-likeness (QED) is 0.407. The normalized spacial score (nSPS) is 7.33. The van der Waals surface area contributed by atoms with E-state index in [1.54, 1.807) is 6.92 Å². The maximum Gasteiger partial charge on any atom is 2.00 e. The number of rotatable bonds is 2. The van der Waals surface area contributed by atoms with Gasteiger partial charge in [-0.05, 0) is 5.92 Å². The van der Waals surface area contributed by atoms with Crippen LogP contribution in [0.25, 0.3) is 0 Å². The molecule has 0 bridgehead atoms. The molecular weight excluding hydrogens is 120 g/mol. The van der Waals surface area contributed by atoms with E-state index in [0.717, 1.165) is 12.3 Å². The summed E-state index contributed by atoms with van der Waals surface area (Å²) in [7, 11) is 0. The average molecular weight is 139 g/mol. The fraction of sp³-hybridized carbons (Fsp3) is 0.750. The topological polar surface area (TPSA) is 0 Å². The van der Waals surface area contributed by atoms with Crippen molar-refractivity contribution >= 4 is 23.1 Å². The molecule has 0 amide bonds. The zero-order valence-corrected chi connectivity index (χ0v) is 8.53. The molecule has 1 heteroatoms. The van der Waals surface area contributed by atoms with E-state index in [4.69, 9.17) is 0 Å². The molecule has 0 N–H and O–H groups in total. The molecule has 0 heterocycles. The Kier molecular flexibility index (Phi) is 29.0. The SMILES string of the molecule is [CH2-]C.[CH2-]CCC(C)C.[Mg+2]. The van der Waals surface area contributed by atoms with Gasteiger partial charge in [-0.1, -0.05) is 20.3 Å². The van der Waals surface area contributed by atoms with Gasteiger partial charge in [0.25, 0.3) is 0 Å². The Morgan fingerprint density at radius 1 is 1.22 bits per heavy atom. The monoisotopic (exact) mass is 138 g/mol. The van der Waals surface area contributed by atoms with Crippen LogP contribution in [0.15, 0.2) is 0 Å². The summed E-state index contributed by atoms with van der Waals surface area (Å²) in [6.07, 6.45) is 2.34. The molecule has 0 aliphatic rings. The first-order chi connectivity index (χ1) is 3.77. The van der Waals surface area contributed by atoms with Crippen LogP contribution in [0.2, 0.25) is 0 Å². The van der Waals surface area contributed by atoms with E-state index in [-0.39, 0.29) is 23.1 Å². The molecule has 0 aromatic rings. The van der Waals surface area contributed by atoms with Gasteiger partial charge in [0.2, 0.25) is 0 Å². The van der Waals surface area contributed by atoms with Crippen LogP contribution in [0.1, 0.15) is 33.6 Å². The van der Waals surface area contributed by atoms with Crippen molar-refractivity contribution in [2.45, 2.75) is 33.6 Å². The van der Waals surface area contributed by atoms with Crippen LogP contribution in [0, 0.1) is 19.8 Å². The van der Waals surface area contributed by atoms with Gasteiger partial charge in [-0.2, -0.15) is 13.3 Å². The minimum absolute atomic E-state index is 0. The summed E-state index contributed by atoms with van der Waals surface area (Å²) in [6, 6.07) is 0. The van der Waals surface area contributed by atoms with Crippen molar-refractivity contribution in [3.8, 4) is 0 Å². The van der Waals surface area contributed by atoms with Crippen LogP contribution in [0.5, 0.6) is 0 Å². The first-order valence-electron chi connectivity index (χ1n) is 3.27. The van der Waals surface area contributed by atoms with Crippen molar-refractivity contribution in [2.24, 2.45) is 5.92 Å². The molecule has 0 aliphatic carbocycles. The number of hydrogen-bond acceptors (Lipinski definition) is 0. The summed E-state index contributed by atoms with van der Waals surface area (Å²) in [6.45, 7) is 13.2.